The highest BCUT2D eigenvalue weighted by Crippen LogP contribution is 2.35. The van der Waals surface area contributed by atoms with Gasteiger partial charge in [-0.3, -0.25) is 9.59 Å². The summed E-state index contributed by atoms with van der Waals surface area (Å²) in [5.74, 6) is 0.0709. The Morgan fingerprint density at radius 1 is 1.06 bits per heavy atom. The number of rotatable bonds is 7. The van der Waals surface area contributed by atoms with Gasteiger partial charge in [0.15, 0.2) is 5.82 Å². The van der Waals surface area contributed by atoms with E-state index in [1.807, 2.05) is 55.8 Å². The molecule has 1 aliphatic heterocycles. The molecule has 2 heterocycles. The Bertz CT molecular complexity index is 1180. The van der Waals surface area contributed by atoms with E-state index in [9.17, 15) is 14.0 Å². The van der Waals surface area contributed by atoms with Crippen LogP contribution in [0.3, 0.4) is 0 Å². The van der Waals surface area contributed by atoms with E-state index >= 15 is 0 Å². The van der Waals surface area contributed by atoms with Gasteiger partial charge in [0.25, 0.3) is 0 Å². The number of carbonyl (C=O) groups excluding carboxylic acids is 2. The molecule has 4 rings (SSSR count). The van der Waals surface area contributed by atoms with Crippen molar-refractivity contribution in [2.75, 3.05) is 23.3 Å². The lowest BCUT2D eigenvalue weighted by atomic mass is 9.95. The normalized spacial score (nSPS) is 14.3. The fraction of sp³-hybridized carbons (Fsp3) is 0.370. The predicted molar refractivity (Wildman–Crippen MR) is 135 cm³/mol. The molecule has 35 heavy (non-hydrogen) atoms. The summed E-state index contributed by atoms with van der Waals surface area (Å²) < 4.78 is 15.7. The first-order valence-electron chi connectivity index (χ1n) is 12.1. The van der Waals surface area contributed by atoms with Gasteiger partial charge in [-0.05, 0) is 38.0 Å². The van der Waals surface area contributed by atoms with Crippen molar-refractivity contribution >= 4 is 23.3 Å². The highest BCUT2D eigenvalue weighted by molar-refractivity contribution is 5.96. The summed E-state index contributed by atoms with van der Waals surface area (Å²) in [5.41, 5.74) is 2.82. The fourth-order valence-electron chi connectivity index (χ4n) is 4.29. The van der Waals surface area contributed by atoms with E-state index in [4.69, 9.17) is 5.10 Å². The highest BCUT2D eigenvalue weighted by atomic mass is 19.1. The van der Waals surface area contributed by atoms with Crippen molar-refractivity contribution in [1.82, 2.24) is 15.1 Å². The lowest BCUT2D eigenvalue weighted by molar-refractivity contribution is -0.125. The molecule has 0 radical (unpaired) electrons. The van der Waals surface area contributed by atoms with Crippen LogP contribution in [0.15, 0.2) is 54.6 Å². The maximum Gasteiger partial charge on any atom is 0.227 e. The molecule has 1 fully saturated rings. The molecule has 3 aromatic rings. The third-order valence-electron chi connectivity index (χ3n) is 6.39. The largest absolute Gasteiger partial charge is 0.355 e. The third-order valence-corrected chi connectivity index (χ3v) is 6.39. The first-order valence-corrected chi connectivity index (χ1v) is 12.1. The molecule has 0 spiro atoms. The second-order valence-corrected chi connectivity index (χ2v) is 9.25. The molecule has 0 atom stereocenters. The van der Waals surface area contributed by atoms with Crippen molar-refractivity contribution < 1.29 is 14.0 Å². The molecule has 1 aliphatic rings. The van der Waals surface area contributed by atoms with Crippen LogP contribution < -0.4 is 15.5 Å². The number of benzene rings is 2. The van der Waals surface area contributed by atoms with Crippen LogP contribution in [0, 0.1) is 24.6 Å². The lowest BCUT2D eigenvalue weighted by Gasteiger charge is -2.33. The van der Waals surface area contributed by atoms with Crippen LogP contribution in [-0.4, -0.2) is 34.7 Å². The van der Waals surface area contributed by atoms with Crippen LogP contribution in [0.5, 0.6) is 0 Å². The molecule has 7 nitrogen and oxygen atoms in total. The highest BCUT2D eigenvalue weighted by Gasteiger charge is 2.30. The number of anilines is 2. The fourth-order valence-corrected chi connectivity index (χ4v) is 4.29. The number of carbonyl (C=O) groups is 2. The van der Waals surface area contributed by atoms with E-state index in [1.54, 1.807) is 18.2 Å². The molecule has 2 N–H and O–H groups in total. The van der Waals surface area contributed by atoms with Crippen LogP contribution in [0.25, 0.3) is 5.69 Å². The molecule has 1 aromatic heterocycles. The van der Waals surface area contributed by atoms with E-state index in [2.05, 4.69) is 15.5 Å². The Morgan fingerprint density at radius 3 is 2.37 bits per heavy atom. The van der Waals surface area contributed by atoms with E-state index in [0.717, 1.165) is 17.2 Å². The minimum absolute atomic E-state index is 0.0611. The zero-order chi connectivity index (χ0) is 24.9. The molecule has 1 saturated heterocycles. The Labute approximate surface area is 205 Å². The van der Waals surface area contributed by atoms with Crippen LogP contribution >= 0.6 is 0 Å². The summed E-state index contributed by atoms with van der Waals surface area (Å²) in [7, 11) is 0. The molecule has 184 valence electrons. The second-order valence-electron chi connectivity index (χ2n) is 9.25. The lowest BCUT2D eigenvalue weighted by Crippen LogP contribution is -2.41. The molecule has 0 unspecified atom stereocenters. The number of nitrogens with one attached hydrogen (secondary N) is 2. The summed E-state index contributed by atoms with van der Waals surface area (Å²) in [6.45, 7) is 7.06. The number of para-hydroxylation sites is 1. The molecule has 0 bridgehead atoms. The maximum atomic E-state index is 13.9. The van der Waals surface area contributed by atoms with Gasteiger partial charge in [-0.25, -0.2) is 9.07 Å². The van der Waals surface area contributed by atoms with Crippen LogP contribution in [0.1, 0.15) is 37.9 Å². The number of aryl methyl sites for hydroxylation is 1. The predicted octanol–water partition coefficient (Wildman–Crippen LogP) is 4.45. The smallest absolute Gasteiger partial charge is 0.227 e. The van der Waals surface area contributed by atoms with Gasteiger partial charge in [-0.2, -0.15) is 5.10 Å². The molecule has 8 heteroatoms. The van der Waals surface area contributed by atoms with Gasteiger partial charge >= 0.3 is 0 Å². The molecule has 0 saturated carbocycles. The van der Waals surface area contributed by atoms with Gasteiger partial charge in [0, 0.05) is 37.0 Å². The summed E-state index contributed by atoms with van der Waals surface area (Å²) in [6.07, 6.45) is 1.30. The van der Waals surface area contributed by atoms with Crippen LogP contribution in [0.2, 0.25) is 0 Å². The van der Waals surface area contributed by atoms with Crippen molar-refractivity contribution in [3.63, 3.8) is 0 Å². The van der Waals surface area contributed by atoms with E-state index < -0.39 is 0 Å². The van der Waals surface area contributed by atoms with Gasteiger partial charge in [-0.1, -0.05) is 50.2 Å². The van der Waals surface area contributed by atoms with Gasteiger partial charge < -0.3 is 15.5 Å². The number of piperidine rings is 1. The van der Waals surface area contributed by atoms with E-state index in [-0.39, 0.29) is 36.0 Å². The second kappa shape index (κ2) is 10.7. The van der Waals surface area contributed by atoms with Crippen molar-refractivity contribution in [1.29, 1.82) is 0 Å². The van der Waals surface area contributed by atoms with Gasteiger partial charge in [0.1, 0.15) is 11.5 Å². The number of nitrogens with zero attached hydrogens (tertiary/aromatic N) is 3. The first-order chi connectivity index (χ1) is 16.8. The Hall–Kier alpha value is -3.68. The van der Waals surface area contributed by atoms with Crippen molar-refractivity contribution in [2.45, 2.75) is 40.2 Å². The Kier molecular flexibility index (Phi) is 7.48. The number of aromatic nitrogens is 2. The number of hydrogen-bond acceptors (Lipinski definition) is 4. The zero-order valence-electron chi connectivity index (χ0n) is 20.4. The number of amides is 2. The van der Waals surface area contributed by atoms with Crippen LogP contribution in [0.4, 0.5) is 15.9 Å². The molecule has 2 amide bonds. The summed E-state index contributed by atoms with van der Waals surface area (Å²) >= 11 is 0. The van der Waals surface area contributed by atoms with Crippen molar-refractivity contribution in [2.24, 2.45) is 11.8 Å². The quantitative estimate of drug-likeness (QED) is 0.527. The number of hydrogen-bond donors (Lipinski definition) is 2. The Morgan fingerprint density at radius 2 is 1.71 bits per heavy atom. The first kappa shape index (κ1) is 24.4. The third kappa shape index (κ3) is 5.53. The average Bonchev–Trinajstić information content (AvgIpc) is 3.19. The standard InChI is InChI=1S/C27H32FN5O2/c1-18(2)25(34)30-24-19(3)31-33(22-10-5-4-6-11-22)27(24)32-15-13-20(14-16-32)26(35)29-17-21-9-7-8-12-23(21)28/h4-12,18,20H,13-17H2,1-3H3,(H,29,35)(H,30,34). The van der Waals surface area contributed by atoms with E-state index in [0.29, 0.717) is 37.2 Å². The molecular weight excluding hydrogens is 445 g/mol. The monoisotopic (exact) mass is 477 g/mol. The molecule has 2 aromatic carbocycles. The van der Waals surface area contributed by atoms with E-state index in [1.165, 1.54) is 6.07 Å². The topological polar surface area (TPSA) is 79.3 Å². The SMILES string of the molecule is Cc1nn(-c2ccccc2)c(N2CCC(C(=O)NCc3ccccc3F)CC2)c1NC(=O)C(C)C. The average molecular weight is 478 g/mol. The summed E-state index contributed by atoms with van der Waals surface area (Å²) in [5, 5.41) is 10.7. The molecular formula is C27H32FN5O2. The molecule has 0 aliphatic carbocycles. The minimum atomic E-state index is -0.317. The van der Waals surface area contributed by atoms with Gasteiger partial charge in [-0.15, -0.1) is 0 Å². The zero-order valence-corrected chi connectivity index (χ0v) is 20.4. The summed E-state index contributed by atoms with van der Waals surface area (Å²) in [6, 6.07) is 16.3. The summed E-state index contributed by atoms with van der Waals surface area (Å²) in [4.78, 5) is 27.5. The van der Waals surface area contributed by atoms with Gasteiger partial charge in [0.05, 0.1) is 11.4 Å². The van der Waals surface area contributed by atoms with Gasteiger partial charge in [0.2, 0.25) is 11.8 Å². The van der Waals surface area contributed by atoms with Crippen molar-refractivity contribution in [3.05, 3.63) is 71.7 Å². The van der Waals surface area contributed by atoms with Crippen molar-refractivity contribution in [3.8, 4) is 5.69 Å². The van der Waals surface area contributed by atoms with Crippen LogP contribution in [-0.2, 0) is 16.1 Å². The maximum absolute atomic E-state index is 13.9. The number of halogens is 1. The minimum Gasteiger partial charge on any atom is -0.355 e. The Balaban J connectivity index is 1.50.